The monoisotopic (exact) mass is 467 g/mol. The van der Waals surface area contributed by atoms with Crippen molar-refractivity contribution in [3.05, 3.63) is 22.7 Å². The van der Waals surface area contributed by atoms with Crippen LogP contribution in [0.15, 0.2) is 17.1 Å². The van der Waals surface area contributed by atoms with Gasteiger partial charge in [-0.1, -0.05) is 24.9 Å². The first-order valence-electron chi connectivity index (χ1n) is 8.15. The topological polar surface area (TPSA) is 46.1 Å². The van der Waals surface area contributed by atoms with Gasteiger partial charge in [-0.05, 0) is 30.5 Å². The van der Waals surface area contributed by atoms with Gasteiger partial charge in [-0.25, -0.2) is 0 Å². The van der Waals surface area contributed by atoms with Crippen molar-refractivity contribution in [2.24, 2.45) is 4.99 Å². The van der Waals surface area contributed by atoms with Crippen molar-refractivity contribution in [2.75, 3.05) is 40.4 Å². The van der Waals surface area contributed by atoms with Crippen molar-refractivity contribution < 1.29 is 9.47 Å². The van der Waals surface area contributed by atoms with E-state index >= 15 is 0 Å². The molecule has 0 saturated carbocycles. The number of fused-ring (bicyclic) bond motifs is 1. The number of nitrogens with one attached hydrogen (secondary N) is 1. The highest BCUT2D eigenvalue weighted by Gasteiger charge is 2.16. The zero-order valence-electron chi connectivity index (χ0n) is 14.6. The highest BCUT2D eigenvalue weighted by molar-refractivity contribution is 14.0. The summed E-state index contributed by atoms with van der Waals surface area (Å²) in [4.78, 5) is 6.47. The quantitative estimate of drug-likeness (QED) is 0.395. The van der Waals surface area contributed by atoms with E-state index in [4.69, 9.17) is 21.1 Å². The van der Waals surface area contributed by atoms with Gasteiger partial charge in [-0.2, -0.15) is 0 Å². The molecule has 0 aliphatic carbocycles. The van der Waals surface area contributed by atoms with Crippen LogP contribution in [0.1, 0.15) is 25.3 Å². The molecule has 1 aliphatic rings. The van der Waals surface area contributed by atoms with Gasteiger partial charge in [-0.15, -0.1) is 24.0 Å². The van der Waals surface area contributed by atoms with Gasteiger partial charge in [0.2, 0.25) is 0 Å². The predicted molar refractivity (Wildman–Crippen MR) is 110 cm³/mol. The molecule has 7 heteroatoms. The molecule has 0 amide bonds. The second-order valence-corrected chi connectivity index (χ2v) is 6.01. The Morgan fingerprint density at radius 1 is 1.33 bits per heavy atom. The molecule has 0 saturated heterocycles. The lowest BCUT2D eigenvalue weighted by atomic mass is 10.1. The smallest absolute Gasteiger partial charge is 0.193 e. The summed E-state index contributed by atoms with van der Waals surface area (Å²) in [5, 5.41) is 4.00. The van der Waals surface area contributed by atoms with Gasteiger partial charge in [0, 0.05) is 27.2 Å². The summed E-state index contributed by atoms with van der Waals surface area (Å²) in [5.41, 5.74) is 1.12. The normalized spacial score (nSPS) is 13.2. The highest BCUT2D eigenvalue weighted by Crippen LogP contribution is 2.38. The summed E-state index contributed by atoms with van der Waals surface area (Å²) >= 11 is 6.27. The molecule has 1 heterocycles. The Balaban J connectivity index is 0.00000288. The van der Waals surface area contributed by atoms with E-state index < -0.39 is 0 Å². The Morgan fingerprint density at radius 2 is 2.08 bits per heavy atom. The third kappa shape index (κ3) is 5.88. The lowest BCUT2D eigenvalue weighted by Gasteiger charge is -2.22. The van der Waals surface area contributed by atoms with E-state index in [1.165, 1.54) is 6.42 Å². The van der Waals surface area contributed by atoms with Crippen LogP contribution in [0.3, 0.4) is 0 Å². The molecule has 0 spiro atoms. The van der Waals surface area contributed by atoms with Crippen LogP contribution in [0.4, 0.5) is 0 Å². The second-order valence-electron chi connectivity index (χ2n) is 5.60. The van der Waals surface area contributed by atoms with Gasteiger partial charge in [0.05, 0.1) is 5.02 Å². The van der Waals surface area contributed by atoms with Crippen LogP contribution in [-0.4, -0.2) is 51.3 Å². The Bertz CT molecular complexity index is 555. The van der Waals surface area contributed by atoms with Crippen molar-refractivity contribution in [3.8, 4) is 11.5 Å². The number of aliphatic imine (C=N–C) groups is 1. The zero-order valence-corrected chi connectivity index (χ0v) is 17.7. The average Bonchev–Trinajstić information content (AvgIpc) is 2.56. The van der Waals surface area contributed by atoms with Crippen LogP contribution >= 0.6 is 35.6 Å². The molecule has 136 valence electrons. The molecule has 1 aromatic carbocycles. The summed E-state index contributed by atoms with van der Waals surface area (Å²) in [5.74, 6) is 2.31. The van der Waals surface area contributed by atoms with Gasteiger partial charge < -0.3 is 19.7 Å². The van der Waals surface area contributed by atoms with E-state index in [1.54, 1.807) is 0 Å². The van der Waals surface area contributed by atoms with Gasteiger partial charge in [0.15, 0.2) is 17.5 Å². The third-order valence-electron chi connectivity index (χ3n) is 3.77. The molecule has 0 aromatic heterocycles. The molecule has 1 aliphatic heterocycles. The van der Waals surface area contributed by atoms with Gasteiger partial charge in [0.1, 0.15) is 13.2 Å². The molecular weight excluding hydrogens is 441 g/mol. The molecule has 1 aromatic rings. The van der Waals surface area contributed by atoms with E-state index in [-0.39, 0.29) is 24.0 Å². The molecule has 0 fully saturated rings. The largest absolute Gasteiger partial charge is 0.486 e. The lowest BCUT2D eigenvalue weighted by Crippen LogP contribution is -2.40. The van der Waals surface area contributed by atoms with Crippen molar-refractivity contribution in [1.82, 2.24) is 10.2 Å². The summed E-state index contributed by atoms with van der Waals surface area (Å²) in [6, 6.07) is 3.95. The van der Waals surface area contributed by atoms with Crippen molar-refractivity contribution in [2.45, 2.75) is 26.2 Å². The minimum absolute atomic E-state index is 0. The molecule has 24 heavy (non-hydrogen) atoms. The number of halogens is 2. The molecule has 5 nitrogen and oxygen atoms in total. The Hall–Kier alpha value is -0.890. The number of nitrogens with zero attached hydrogens (tertiary/aromatic N) is 2. The first-order chi connectivity index (χ1) is 11.2. The molecule has 2 rings (SSSR count). The van der Waals surface area contributed by atoms with Crippen LogP contribution in [0.2, 0.25) is 5.02 Å². The number of unbranched alkanes of at least 4 members (excludes halogenated alkanes) is 1. The average molecular weight is 468 g/mol. The first kappa shape index (κ1) is 21.2. The van der Waals surface area contributed by atoms with E-state index in [2.05, 4.69) is 29.2 Å². The minimum atomic E-state index is 0. The van der Waals surface area contributed by atoms with Crippen LogP contribution < -0.4 is 14.8 Å². The van der Waals surface area contributed by atoms with E-state index in [1.807, 2.05) is 19.2 Å². The number of guanidine groups is 1. The van der Waals surface area contributed by atoms with Crippen LogP contribution in [0.5, 0.6) is 11.5 Å². The predicted octanol–water partition coefficient (Wildman–Crippen LogP) is 3.58. The van der Waals surface area contributed by atoms with E-state index in [0.29, 0.717) is 24.0 Å². The molecule has 0 atom stereocenters. The Kier molecular flexibility index (Phi) is 9.58. The highest BCUT2D eigenvalue weighted by atomic mass is 127. The third-order valence-corrected chi connectivity index (χ3v) is 4.05. The Labute approximate surface area is 166 Å². The number of hydrogen-bond donors (Lipinski definition) is 1. The van der Waals surface area contributed by atoms with Crippen molar-refractivity contribution >= 4 is 41.5 Å². The van der Waals surface area contributed by atoms with Crippen LogP contribution in [0, 0.1) is 0 Å². The summed E-state index contributed by atoms with van der Waals surface area (Å²) in [6.07, 6.45) is 3.18. The Morgan fingerprint density at radius 3 is 2.79 bits per heavy atom. The molecular formula is C17H27ClIN3O2. The SMILES string of the molecule is CCCCN(C)C(=NC)NCCc1cc(Cl)c2c(c1)OCCO2.I. The molecule has 0 bridgehead atoms. The number of ether oxygens (including phenoxy) is 2. The summed E-state index contributed by atoms with van der Waals surface area (Å²) in [7, 11) is 3.87. The van der Waals surface area contributed by atoms with Crippen molar-refractivity contribution in [1.29, 1.82) is 0 Å². The van der Waals surface area contributed by atoms with E-state index in [0.717, 1.165) is 43.2 Å². The van der Waals surface area contributed by atoms with Gasteiger partial charge in [0.25, 0.3) is 0 Å². The number of rotatable bonds is 6. The fraction of sp³-hybridized carbons (Fsp3) is 0.588. The fourth-order valence-electron chi connectivity index (χ4n) is 2.51. The molecule has 1 N–H and O–H groups in total. The molecule has 0 radical (unpaired) electrons. The van der Waals surface area contributed by atoms with Crippen LogP contribution in [0.25, 0.3) is 0 Å². The lowest BCUT2D eigenvalue weighted by molar-refractivity contribution is 0.171. The summed E-state index contributed by atoms with van der Waals surface area (Å²) in [6.45, 7) is 5.11. The molecule has 0 unspecified atom stereocenters. The summed E-state index contributed by atoms with van der Waals surface area (Å²) < 4.78 is 11.2. The fourth-order valence-corrected chi connectivity index (χ4v) is 2.80. The maximum Gasteiger partial charge on any atom is 0.193 e. The van der Waals surface area contributed by atoms with Crippen LogP contribution in [-0.2, 0) is 6.42 Å². The van der Waals surface area contributed by atoms with Gasteiger partial charge in [-0.3, -0.25) is 4.99 Å². The maximum absolute atomic E-state index is 6.27. The maximum atomic E-state index is 6.27. The second kappa shape index (κ2) is 10.9. The number of hydrogen-bond acceptors (Lipinski definition) is 3. The minimum Gasteiger partial charge on any atom is -0.486 e. The standard InChI is InChI=1S/C17H26ClN3O2.HI/c1-4-5-8-21(3)17(19-2)20-7-6-13-11-14(18)16-15(12-13)22-9-10-23-16;/h11-12H,4-10H2,1-3H3,(H,19,20);1H. The van der Waals surface area contributed by atoms with Crippen molar-refractivity contribution in [3.63, 3.8) is 0 Å². The van der Waals surface area contributed by atoms with Gasteiger partial charge >= 0.3 is 0 Å². The number of benzene rings is 1. The van der Waals surface area contributed by atoms with E-state index in [9.17, 15) is 0 Å². The first-order valence-corrected chi connectivity index (χ1v) is 8.53. The zero-order chi connectivity index (χ0) is 16.7.